The first kappa shape index (κ1) is 14.5. The molecule has 94 valence electrons. The molecule has 0 amide bonds. The summed E-state index contributed by atoms with van der Waals surface area (Å²) in [5, 5.41) is 0. The van der Waals surface area contributed by atoms with E-state index in [1.807, 2.05) is 6.07 Å². The number of carbonyl (C=O) groups excluding carboxylic acids is 1. The summed E-state index contributed by atoms with van der Waals surface area (Å²) in [6, 6.07) is 10.4. The van der Waals surface area contributed by atoms with Gasteiger partial charge in [0.15, 0.2) is 0 Å². The first-order valence-electron chi connectivity index (χ1n) is 6.53. The Bertz CT molecular complexity index is 297. The first-order valence-corrected chi connectivity index (χ1v) is 8.38. The fourth-order valence-electron chi connectivity index (χ4n) is 1.78. The van der Waals surface area contributed by atoms with Crippen LogP contribution in [0.4, 0.5) is 0 Å². The van der Waals surface area contributed by atoms with Crippen LogP contribution in [0.2, 0.25) is 4.82 Å². The summed E-state index contributed by atoms with van der Waals surface area (Å²) in [6.07, 6.45) is 8.65. The summed E-state index contributed by atoms with van der Waals surface area (Å²) in [4.78, 5) is 11.3. The predicted octanol–water partition coefficient (Wildman–Crippen LogP) is 3.36. The van der Waals surface area contributed by atoms with Crippen molar-refractivity contribution in [3.05, 3.63) is 30.3 Å². The van der Waals surface area contributed by atoms with E-state index in [1.54, 1.807) is 0 Å². The van der Waals surface area contributed by atoms with Gasteiger partial charge in [-0.25, -0.2) is 0 Å². The summed E-state index contributed by atoms with van der Waals surface area (Å²) in [5.41, 5.74) is 0. The molecule has 2 heteroatoms. The Morgan fingerprint density at radius 3 is 2.47 bits per heavy atom. The molecule has 1 nitrogen and oxygen atoms in total. The maximum absolute atomic E-state index is 11.0. The second-order valence-electron chi connectivity index (χ2n) is 4.31. The van der Waals surface area contributed by atoms with E-state index >= 15 is 0 Å². The van der Waals surface area contributed by atoms with Crippen LogP contribution in [-0.4, -0.2) is 21.2 Å². The van der Waals surface area contributed by atoms with Crippen molar-refractivity contribution < 1.29 is 4.79 Å². The second kappa shape index (κ2) is 9.44. The van der Waals surface area contributed by atoms with Crippen molar-refractivity contribution in [2.75, 3.05) is 0 Å². The Morgan fingerprint density at radius 2 is 1.82 bits per heavy atom. The van der Waals surface area contributed by atoms with E-state index in [2.05, 4.69) is 31.2 Å². The molecule has 0 aromatic heterocycles. The van der Waals surface area contributed by atoms with Crippen LogP contribution in [0.15, 0.2) is 30.3 Å². The molecule has 0 heterocycles. The zero-order valence-corrected chi connectivity index (χ0v) is 12.3. The zero-order valence-electron chi connectivity index (χ0n) is 10.6. The number of carbonyl (C=O) groups is 1. The third-order valence-corrected chi connectivity index (χ3v) is 5.28. The van der Waals surface area contributed by atoms with Gasteiger partial charge in [-0.3, -0.25) is 0 Å². The molecular weight excluding hydrogens is 275 g/mol. The van der Waals surface area contributed by atoms with Gasteiger partial charge in [-0.15, -0.1) is 0 Å². The van der Waals surface area contributed by atoms with E-state index in [0.29, 0.717) is 15.0 Å². The summed E-state index contributed by atoms with van der Waals surface area (Å²) in [5.74, 6) is 0. The number of aldehydes is 1. The van der Waals surface area contributed by atoms with Gasteiger partial charge in [-0.05, 0) is 0 Å². The summed E-state index contributed by atoms with van der Waals surface area (Å²) in [6.45, 7) is 2.23. The van der Waals surface area contributed by atoms with Crippen LogP contribution in [0, 0.1) is 0 Å². The predicted molar refractivity (Wildman–Crippen MR) is 75.0 cm³/mol. The molecule has 1 rings (SSSR count). The molecule has 0 bridgehead atoms. The average molecular weight is 297 g/mol. The summed E-state index contributed by atoms with van der Waals surface area (Å²) < 4.78 is 1.34. The van der Waals surface area contributed by atoms with Crippen molar-refractivity contribution in [2.45, 2.75) is 50.3 Å². The zero-order chi connectivity index (χ0) is 12.3. The van der Waals surface area contributed by atoms with Gasteiger partial charge in [-0.2, -0.15) is 0 Å². The number of hydrogen-bond acceptors (Lipinski definition) is 1. The molecule has 0 radical (unpaired) electrons. The molecule has 0 fully saturated rings. The molecule has 0 aliphatic rings. The van der Waals surface area contributed by atoms with E-state index < -0.39 is 0 Å². The van der Waals surface area contributed by atoms with Gasteiger partial charge < -0.3 is 0 Å². The van der Waals surface area contributed by atoms with Crippen molar-refractivity contribution in [3.63, 3.8) is 0 Å². The molecule has 1 aromatic carbocycles. The van der Waals surface area contributed by atoms with E-state index in [4.69, 9.17) is 0 Å². The Morgan fingerprint density at radius 1 is 1.12 bits per heavy atom. The summed E-state index contributed by atoms with van der Waals surface area (Å²) >= 11 is 0.313. The van der Waals surface area contributed by atoms with Crippen molar-refractivity contribution >= 4 is 25.7 Å². The SMILES string of the molecule is CCCCCCCC(C=O)[Se]c1ccccc1. The molecular formula is C15H22OSe. The number of hydrogen-bond donors (Lipinski definition) is 0. The quantitative estimate of drug-likeness (QED) is 0.388. The van der Waals surface area contributed by atoms with Gasteiger partial charge in [0.05, 0.1) is 0 Å². The van der Waals surface area contributed by atoms with Crippen LogP contribution in [0.5, 0.6) is 0 Å². The molecule has 0 N–H and O–H groups in total. The van der Waals surface area contributed by atoms with Crippen LogP contribution in [0.3, 0.4) is 0 Å². The molecule has 0 saturated heterocycles. The fourth-order valence-corrected chi connectivity index (χ4v) is 3.88. The van der Waals surface area contributed by atoms with Gasteiger partial charge in [0.25, 0.3) is 0 Å². The van der Waals surface area contributed by atoms with E-state index in [9.17, 15) is 4.79 Å². The average Bonchev–Trinajstić information content (AvgIpc) is 2.38. The fraction of sp³-hybridized carbons (Fsp3) is 0.533. The van der Waals surface area contributed by atoms with Gasteiger partial charge >= 0.3 is 111 Å². The minimum atomic E-state index is 0.270. The molecule has 1 aromatic rings. The van der Waals surface area contributed by atoms with Crippen molar-refractivity contribution in [3.8, 4) is 0 Å². The van der Waals surface area contributed by atoms with E-state index in [1.165, 1.54) is 36.6 Å². The third-order valence-electron chi connectivity index (χ3n) is 2.77. The van der Waals surface area contributed by atoms with Gasteiger partial charge in [0.2, 0.25) is 0 Å². The molecule has 1 unspecified atom stereocenters. The number of rotatable bonds is 9. The molecule has 0 aliphatic heterocycles. The van der Waals surface area contributed by atoms with Gasteiger partial charge in [0.1, 0.15) is 0 Å². The van der Waals surface area contributed by atoms with Crippen molar-refractivity contribution in [2.24, 2.45) is 0 Å². The Hall–Kier alpha value is -0.591. The normalized spacial score (nSPS) is 12.3. The molecule has 17 heavy (non-hydrogen) atoms. The van der Waals surface area contributed by atoms with Crippen LogP contribution in [-0.2, 0) is 4.79 Å². The molecule has 0 spiro atoms. The third kappa shape index (κ3) is 6.65. The number of unbranched alkanes of at least 4 members (excludes halogenated alkanes) is 4. The Kier molecular flexibility index (Phi) is 8.04. The van der Waals surface area contributed by atoms with Gasteiger partial charge in [-0.1, -0.05) is 0 Å². The van der Waals surface area contributed by atoms with Gasteiger partial charge in [0, 0.05) is 0 Å². The minimum absolute atomic E-state index is 0.270. The van der Waals surface area contributed by atoms with Crippen LogP contribution < -0.4 is 4.46 Å². The summed E-state index contributed by atoms with van der Waals surface area (Å²) in [7, 11) is 0. The Labute approximate surface area is 111 Å². The van der Waals surface area contributed by atoms with Crippen LogP contribution >= 0.6 is 0 Å². The number of benzene rings is 1. The van der Waals surface area contributed by atoms with E-state index in [-0.39, 0.29) is 4.82 Å². The monoisotopic (exact) mass is 298 g/mol. The van der Waals surface area contributed by atoms with E-state index in [0.717, 1.165) is 12.7 Å². The second-order valence-corrected chi connectivity index (χ2v) is 7.06. The molecule has 0 aliphatic carbocycles. The van der Waals surface area contributed by atoms with Crippen molar-refractivity contribution in [1.29, 1.82) is 0 Å². The molecule has 0 saturated carbocycles. The maximum atomic E-state index is 11.0. The Balaban J connectivity index is 2.22. The van der Waals surface area contributed by atoms with Crippen molar-refractivity contribution in [1.82, 2.24) is 0 Å². The topological polar surface area (TPSA) is 17.1 Å². The standard InChI is InChI=1S/C15H22OSe/c1-2-3-4-5-7-12-15(13-16)17-14-10-8-6-9-11-14/h6,8-11,13,15H,2-5,7,12H2,1H3. The van der Waals surface area contributed by atoms with Crippen LogP contribution in [0.1, 0.15) is 45.4 Å². The first-order chi connectivity index (χ1) is 8.36. The molecule has 1 atom stereocenters. The van der Waals surface area contributed by atoms with Crippen LogP contribution in [0.25, 0.3) is 0 Å².